The first kappa shape index (κ1) is 15.6. The molecule has 0 saturated carbocycles. The molecule has 1 rings (SSSR count). The molecule has 0 aliphatic carbocycles. The monoisotopic (exact) mass is 316 g/mol. The Hall–Kier alpha value is -0.410. The topological polar surface area (TPSA) is 9.23 Å². The lowest BCUT2D eigenvalue weighted by Gasteiger charge is -2.25. The maximum atomic E-state index is 12.8. The second-order valence-corrected chi connectivity index (χ2v) is 6.00. The van der Waals surface area contributed by atoms with Crippen LogP contribution in [0, 0.1) is 11.7 Å². The highest BCUT2D eigenvalue weighted by atomic mass is 79.9. The van der Waals surface area contributed by atoms with Crippen molar-refractivity contribution >= 4 is 15.9 Å². The van der Waals surface area contributed by atoms with E-state index in [1.54, 1.807) is 7.11 Å². The summed E-state index contributed by atoms with van der Waals surface area (Å²) in [5, 5.41) is 0.962. The SMILES string of the molecule is COC(C)(C)CCC(CBr)Cc1ccc(F)cc1. The van der Waals surface area contributed by atoms with Crippen LogP contribution in [-0.4, -0.2) is 18.0 Å². The lowest BCUT2D eigenvalue weighted by molar-refractivity contribution is 0.0110. The van der Waals surface area contributed by atoms with Gasteiger partial charge in [-0.1, -0.05) is 28.1 Å². The molecule has 0 aliphatic rings. The highest BCUT2D eigenvalue weighted by Gasteiger charge is 2.19. The fraction of sp³-hybridized carbons (Fsp3) is 0.600. The van der Waals surface area contributed by atoms with E-state index in [1.165, 1.54) is 17.7 Å². The van der Waals surface area contributed by atoms with Gasteiger partial charge >= 0.3 is 0 Å². The van der Waals surface area contributed by atoms with Crippen LogP contribution in [0.25, 0.3) is 0 Å². The van der Waals surface area contributed by atoms with Gasteiger partial charge in [-0.15, -0.1) is 0 Å². The zero-order valence-corrected chi connectivity index (χ0v) is 13.0. The first-order valence-corrected chi connectivity index (χ1v) is 7.44. The summed E-state index contributed by atoms with van der Waals surface area (Å²) in [6.07, 6.45) is 3.11. The van der Waals surface area contributed by atoms with Gasteiger partial charge in [0.25, 0.3) is 0 Å². The van der Waals surface area contributed by atoms with E-state index in [0.717, 1.165) is 24.6 Å². The van der Waals surface area contributed by atoms with Gasteiger partial charge in [0.2, 0.25) is 0 Å². The molecule has 0 N–H and O–H groups in total. The van der Waals surface area contributed by atoms with Gasteiger partial charge in [0, 0.05) is 12.4 Å². The van der Waals surface area contributed by atoms with Crippen LogP contribution in [-0.2, 0) is 11.2 Å². The summed E-state index contributed by atoms with van der Waals surface area (Å²) in [6, 6.07) is 6.79. The van der Waals surface area contributed by atoms with E-state index in [2.05, 4.69) is 29.8 Å². The second kappa shape index (κ2) is 7.25. The van der Waals surface area contributed by atoms with Crippen LogP contribution in [0.15, 0.2) is 24.3 Å². The highest BCUT2D eigenvalue weighted by Crippen LogP contribution is 2.23. The van der Waals surface area contributed by atoms with Crippen LogP contribution < -0.4 is 0 Å². The number of methoxy groups -OCH3 is 1. The number of halogens is 2. The van der Waals surface area contributed by atoms with Gasteiger partial charge in [0.15, 0.2) is 0 Å². The first-order chi connectivity index (χ1) is 8.46. The van der Waals surface area contributed by atoms with Crippen molar-refractivity contribution in [2.24, 2.45) is 5.92 Å². The average Bonchev–Trinajstić information content (AvgIpc) is 2.37. The minimum Gasteiger partial charge on any atom is -0.379 e. The molecule has 0 fully saturated rings. The second-order valence-electron chi connectivity index (χ2n) is 5.35. The van der Waals surface area contributed by atoms with Gasteiger partial charge in [0.05, 0.1) is 5.60 Å². The van der Waals surface area contributed by atoms with E-state index >= 15 is 0 Å². The lowest BCUT2D eigenvalue weighted by Crippen LogP contribution is -2.24. The molecule has 1 aromatic carbocycles. The molecule has 0 bridgehead atoms. The third-order valence-electron chi connectivity index (χ3n) is 3.36. The van der Waals surface area contributed by atoms with Crippen LogP contribution >= 0.6 is 15.9 Å². The molecule has 18 heavy (non-hydrogen) atoms. The van der Waals surface area contributed by atoms with Gasteiger partial charge in [0.1, 0.15) is 5.82 Å². The van der Waals surface area contributed by atoms with Crippen LogP contribution in [0.5, 0.6) is 0 Å². The van der Waals surface area contributed by atoms with Crippen molar-refractivity contribution < 1.29 is 9.13 Å². The standard InChI is InChI=1S/C15H22BrFO/c1-15(2,18-3)9-8-13(11-16)10-12-4-6-14(17)7-5-12/h4-7,13H,8-11H2,1-3H3. The Kier molecular flexibility index (Phi) is 6.30. The fourth-order valence-corrected chi connectivity index (χ4v) is 2.39. The van der Waals surface area contributed by atoms with E-state index < -0.39 is 0 Å². The van der Waals surface area contributed by atoms with Gasteiger partial charge in [-0.3, -0.25) is 0 Å². The summed E-state index contributed by atoms with van der Waals surface area (Å²) in [4.78, 5) is 0. The fourth-order valence-electron chi connectivity index (χ4n) is 1.84. The van der Waals surface area contributed by atoms with Crippen LogP contribution in [0.3, 0.4) is 0 Å². The summed E-state index contributed by atoms with van der Waals surface area (Å²) in [6.45, 7) is 4.21. The third kappa shape index (κ3) is 5.49. The predicted octanol–water partition coefficient (Wildman–Crippen LogP) is 4.58. The molecule has 1 nitrogen and oxygen atoms in total. The third-order valence-corrected chi connectivity index (χ3v) is 4.28. The maximum Gasteiger partial charge on any atom is 0.123 e. The van der Waals surface area contributed by atoms with Crippen LogP contribution in [0.1, 0.15) is 32.3 Å². The van der Waals surface area contributed by atoms with Gasteiger partial charge in [-0.25, -0.2) is 4.39 Å². The summed E-state index contributed by atoms with van der Waals surface area (Å²) in [7, 11) is 1.75. The Balaban J connectivity index is 2.49. The number of hydrogen-bond acceptors (Lipinski definition) is 1. The smallest absolute Gasteiger partial charge is 0.123 e. The molecule has 0 radical (unpaired) electrons. The summed E-state index contributed by atoms with van der Waals surface area (Å²) in [5.41, 5.74) is 1.12. The van der Waals surface area contributed by atoms with Crippen molar-refractivity contribution in [3.63, 3.8) is 0 Å². The van der Waals surface area contributed by atoms with E-state index in [-0.39, 0.29) is 11.4 Å². The lowest BCUT2D eigenvalue weighted by atomic mass is 9.91. The Morgan fingerprint density at radius 3 is 2.39 bits per heavy atom. The van der Waals surface area contributed by atoms with Gasteiger partial charge < -0.3 is 4.74 Å². The number of hydrogen-bond donors (Lipinski definition) is 0. The van der Waals surface area contributed by atoms with Crippen molar-refractivity contribution in [2.45, 2.75) is 38.7 Å². The molecule has 1 unspecified atom stereocenters. The van der Waals surface area contributed by atoms with Crippen molar-refractivity contribution in [2.75, 3.05) is 12.4 Å². The van der Waals surface area contributed by atoms with Gasteiger partial charge in [-0.05, 0) is 56.7 Å². The minimum absolute atomic E-state index is 0.0663. The molecule has 1 atom stereocenters. The van der Waals surface area contributed by atoms with Crippen molar-refractivity contribution in [3.8, 4) is 0 Å². The molecule has 0 saturated heterocycles. The average molecular weight is 317 g/mol. The Labute approximate surface area is 118 Å². The molecule has 0 spiro atoms. The normalized spacial score (nSPS) is 13.6. The Morgan fingerprint density at radius 2 is 1.89 bits per heavy atom. The van der Waals surface area contributed by atoms with Crippen molar-refractivity contribution in [3.05, 3.63) is 35.6 Å². The quantitative estimate of drug-likeness (QED) is 0.669. The molecule has 0 aliphatic heterocycles. The number of benzene rings is 1. The number of rotatable bonds is 7. The summed E-state index contributed by atoms with van der Waals surface area (Å²) in [5.74, 6) is 0.388. The summed E-state index contributed by atoms with van der Waals surface area (Å²) >= 11 is 3.56. The van der Waals surface area contributed by atoms with Crippen molar-refractivity contribution in [1.82, 2.24) is 0 Å². The minimum atomic E-state index is -0.172. The van der Waals surface area contributed by atoms with E-state index in [0.29, 0.717) is 5.92 Å². The number of ether oxygens (including phenoxy) is 1. The van der Waals surface area contributed by atoms with Crippen LogP contribution in [0.2, 0.25) is 0 Å². The Bertz CT molecular complexity index is 348. The van der Waals surface area contributed by atoms with Gasteiger partial charge in [-0.2, -0.15) is 0 Å². The molecular weight excluding hydrogens is 295 g/mol. The molecule has 1 aromatic rings. The Morgan fingerprint density at radius 1 is 1.28 bits per heavy atom. The summed E-state index contributed by atoms with van der Waals surface area (Å²) < 4.78 is 18.3. The molecule has 0 aromatic heterocycles. The highest BCUT2D eigenvalue weighted by molar-refractivity contribution is 9.09. The zero-order chi connectivity index (χ0) is 13.6. The molecule has 102 valence electrons. The largest absolute Gasteiger partial charge is 0.379 e. The zero-order valence-electron chi connectivity index (χ0n) is 11.4. The number of alkyl halides is 1. The van der Waals surface area contributed by atoms with E-state index in [1.807, 2.05) is 12.1 Å². The first-order valence-electron chi connectivity index (χ1n) is 6.32. The molecule has 0 heterocycles. The molecular formula is C15H22BrFO. The van der Waals surface area contributed by atoms with Crippen molar-refractivity contribution in [1.29, 1.82) is 0 Å². The van der Waals surface area contributed by atoms with Crippen LogP contribution in [0.4, 0.5) is 4.39 Å². The van der Waals surface area contributed by atoms with E-state index in [9.17, 15) is 4.39 Å². The maximum absolute atomic E-state index is 12.8. The predicted molar refractivity (Wildman–Crippen MR) is 77.7 cm³/mol. The molecule has 0 amide bonds. The van der Waals surface area contributed by atoms with E-state index in [4.69, 9.17) is 4.74 Å². The molecule has 3 heteroatoms.